The van der Waals surface area contributed by atoms with E-state index in [0.717, 1.165) is 22.5 Å². The summed E-state index contributed by atoms with van der Waals surface area (Å²) in [5.41, 5.74) is 9.89. The second-order valence-corrected chi connectivity index (χ2v) is 5.66. The van der Waals surface area contributed by atoms with Crippen molar-refractivity contribution in [3.63, 3.8) is 0 Å². The van der Waals surface area contributed by atoms with Crippen LogP contribution in [0.3, 0.4) is 0 Å². The van der Waals surface area contributed by atoms with Crippen LogP contribution >= 0.6 is 0 Å². The van der Waals surface area contributed by atoms with Crippen molar-refractivity contribution in [1.29, 1.82) is 0 Å². The molecule has 24 heavy (non-hydrogen) atoms. The Hall–Kier alpha value is -2.70. The Morgan fingerprint density at radius 3 is 3.00 bits per heavy atom. The first-order valence-corrected chi connectivity index (χ1v) is 7.68. The van der Waals surface area contributed by atoms with Crippen LogP contribution in [-0.4, -0.2) is 29.0 Å². The first-order chi connectivity index (χ1) is 11.6. The molecule has 0 aliphatic heterocycles. The van der Waals surface area contributed by atoms with Crippen molar-refractivity contribution in [1.82, 2.24) is 9.38 Å². The molecule has 3 N–H and O–H groups in total. The van der Waals surface area contributed by atoms with Crippen molar-refractivity contribution >= 4 is 17.2 Å². The minimum absolute atomic E-state index is 0.214. The number of aromatic nitrogens is 2. The van der Waals surface area contributed by atoms with Crippen LogP contribution in [0, 0.1) is 6.92 Å². The number of pyridine rings is 1. The third kappa shape index (κ3) is 3.15. The number of anilines is 1. The van der Waals surface area contributed by atoms with Crippen LogP contribution in [0.15, 0.2) is 48.8 Å². The number of nitrogens with zero attached hydrogens (tertiary/aromatic N) is 2. The maximum Gasteiger partial charge on any atom is 0.274 e. The molecule has 1 amide bonds. The van der Waals surface area contributed by atoms with E-state index in [4.69, 9.17) is 10.5 Å². The molecule has 3 aromatic rings. The van der Waals surface area contributed by atoms with Crippen LogP contribution in [-0.2, 0) is 4.74 Å². The van der Waals surface area contributed by atoms with Crippen LogP contribution in [0.5, 0.6) is 0 Å². The highest BCUT2D eigenvalue weighted by Gasteiger charge is 2.14. The third-order valence-electron chi connectivity index (χ3n) is 3.93. The third-order valence-corrected chi connectivity index (χ3v) is 3.93. The number of hydrogen-bond acceptors (Lipinski definition) is 4. The van der Waals surface area contributed by atoms with Gasteiger partial charge in [-0.3, -0.25) is 9.20 Å². The minimum atomic E-state index is -0.234. The number of hydrogen-bond donors (Lipinski definition) is 2. The van der Waals surface area contributed by atoms with E-state index in [9.17, 15) is 4.79 Å². The summed E-state index contributed by atoms with van der Waals surface area (Å²) in [6.45, 7) is 2.36. The van der Waals surface area contributed by atoms with E-state index in [0.29, 0.717) is 12.3 Å². The number of carbonyl (C=O) groups is 1. The van der Waals surface area contributed by atoms with Gasteiger partial charge >= 0.3 is 0 Å². The number of carbonyl (C=O) groups excluding carboxylic acids is 1. The maximum atomic E-state index is 12.6. The van der Waals surface area contributed by atoms with Crippen molar-refractivity contribution in [3.8, 4) is 0 Å². The lowest BCUT2D eigenvalue weighted by Crippen LogP contribution is -2.18. The molecule has 2 aromatic heterocycles. The van der Waals surface area contributed by atoms with E-state index < -0.39 is 0 Å². The largest absolute Gasteiger partial charge is 0.383 e. The molecule has 0 aliphatic rings. The first kappa shape index (κ1) is 16.2. The summed E-state index contributed by atoms with van der Waals surface area (Å²) in [6, 6.07) is 11.1. The predicted octanol–water partition coefficient (Wildman–Crippen LogP) is 2.54. The highest BCUT2D eigenvalue weighted by atomic mass is 16.5. The molecule has 124 valence electrons. The number of nitrogens with two attached hydrogens (primary N) is 1. The topological polar surface area (TPSA) is 81.6 Å². The van der Waals surface area contributed by atoms with Gasteiger partial charge in [0.25, 0.3) is 5.91 Å². The average molecular weight is 324 g/mol. The molecule has 0 radical (unpaired) electrons. The summed E-state index contributed by atoms with van der Waals surface area (Å²) >= 11 is 0. The van der Waals surface area contributed by atoms with Crippen LogP contribution in [0.25, 0.3) is 5.65 Å². The van der Waals surface area contributed by atoms with E-state index in [1.54, 1.807) is 17.7 Å². The monoisotopic (exact) mass is 324 g/mol. The van der Waals surface area contributed by atoms with E-state index in [1.165, 1.54) is 0 Å². The zero-order chi connectivity index (χ0) is 17.1. The van der Waals surface area contributed by atoms with E-state index >= 15 is 0 Å². The van der Waals surface area contributed by atoms with Gasteiger partial charge in [0.15, 0.2) is 0 Å². The molecule has 3 rings (SSSR count). The second-order valence-electron chi connectivity index (χ2n) is 5.66. The zero-order valence-electron chi connectivity index (χ0n) is 13.7. The summed E-state index contributed by atoms with van der Waals surface area (Å²) in [5, 5.41) is 2.95. The molecule has 0 saturated heterocycles. The van der Waals surface area contributed by atoms with Crippen molar-refractivity contribution in [2.24, 2.45) is 5.73 Å². The lowest BCUT2D eigenvalue weighted by Gasteiger charge is -2.14. The molecular weight excluding hydrogens is 304 g/mol. The fourth-order valence-corrected chi connectivity index (χ4v) is 2.57. The molecule has 2 heterocycles. The smallest absolute Gasteiger partial charge is 0.274 e. The minimum Gasteiger partial charge on any atom is -0.383 e. The molecular formula is C18H20N4O2. The Morgan fingerprint density at radius 1 is 1.38 bits per heavy atom. The summed E-state index contributed by atoms with van der Waals surface area (Å²) in [5.74, 6) is -0.214. The molecule has 0 aliphatic carbocycles. The standard InChI is InChI=1S/C18H20N4O2/c1-12-6-7-13(14(19)11-24-2)9-15(12)21-18(23)16-10-20-17-5-3-4-8-22(16)17/h3-10,14H,11,19H2,1-2H3,(H,21,23). The summed E-state index contributed by atoms with van der Waals surface area (Å²) < 4.78 is 6.85. The quantitative estimate of drug-likeness (QED) is 0.755. The van der Waals surface area contributed by atoms with Crippen LogP contribution in [0.1, 0.15) is 27.7 Å². The van der Waals surface area contributed by atoms with Gasteiger partial charge in [0.05, 0.1) is 18.8 Å². The lowest BCUT2D eigenvalue weighted by molar-refractivity contribution is 0.102. The molecule has 1 unspecified atom stereocenters. The van der Waals surface area contributed by atoms with Gasteiger partial charge in [-0.15, -0.1) is 0 Å². The number of benzene rings is 1. The van der Waals surface area contributed by atoms with E-state index in [1.807, 2.05) is 49.5 Å². The zero-order valence-corrected chi connectivity index (χ0v) is 13.7. The molecule has 1 atom stereocenters. The molecule has 0 bridgehead atoms. The summed E-state index contributed by atoms with van der Waals surface area (Å²) in [6.07, 6.45) is 3.38. The molecule has 0 spiro atoms. The van der Waals surface area contributed by atoms with Gasteiger partial charge in [-0.1, -0.05) is 18.2 Å². The number of nitrogens with one attached hydrogen (secondary N) is 1. The fraction of sp³-hybridized carbons (Fsp3) is 0.222. The van der Waals surface area contributed by atoms with Crippen molar-refractivity contribution in [2.75, 3.05) is 19.0 Å². The van der Waals surface area contributed by atoms with E-state index in [2.05, 4.69) is 10.3 Å². The highest BCUT2D eigenvalue weighted by Crippen LogP contribution is 2.21. The Balaban J connectivity index is 1.87. The van der Waals surface area contributed by atoms with Crippen LogP contribution in [0.2, 0.25) is 0 Å². The number of amides is 1. The number of rotatable bonds is 5. The molecule has 0 fully saturated rings. The Bertz CT molecular complexity index is 872. The summed E-state index contributed by atoms with van der Waals surface area (Å²) in [7, 11) is 1.61. The molecule has 6 heteroatoms. The van der Waals surface area contributed by atoms with Crippen molar-refractivity contribution in [2.45, 2.75) is 13.0 Å². The van der Waals surface area contributed by atoms with Gasteiger partial charge < -0.3 is 15.8 Å². The lowest BCUT2D eigenvalue weighted by atomic mass is 10.0. The van der Waals surface area contributed by atoms with Gasteiger partial charge in [-0.2, -0.15) is 0 Å². The maximum absolute atomic E-state index is 12.6. The number of fused-ring (bicyclic) bond motifs is 1. The fourth-order valence-electron chi connectivity index (χ4n) is 2.57. The number of aryl methyl sites for hydroxylation is 1. The first-order valence-electron chi connectivity index (χ1n) is 7.68. The SMILES string of the molecule is COCC(N)c1ccc(C)c(NC(=O)c2cnc3ccccn23)c1. The normalized spacial score (nSPS) is 12.3. The summed E-state index contributed by atoms with van der Waals surface area (Å²) in [4.78, 5) is 16.9. The molecule has 1 aromatic carbocycles. The number of methoxy groups -OCH3 is 1. The second kappa shape index (κ2) is 6.82. The number of imidazole rings is 1. The number of ether oxygens (including phenoxy) is 1. The Kier molecular flexibility index (Phi) is 4.59. The Labute approximate surface area is 140 Å². The highest BCUT2D eigenvalue weighted by molar-refractivity contribution is 6.03. The van der Waals surface area contributed by atoms with E-state index in [-0.39, 0.29) is 11.9 Å². The molecule has 0 saturated carbocycles. The molecule has 6 nitrogen and oxygen atoms in total. The van der Waals surface area contributed by atoms with Gasteiger partial charge in [-0.25, -0.2) is 4.98 Å². The van der Waals surface area contributed by atoms with Gasteiger partial charge in [0.2, 0.25) is 0 Å². The van der Waals surface area contributed by atoms with Crippen molar-refractivity contribution in [3.05, 3.63) is 65.6 Å². The Morgan fingerprint density at radius 2 is 2.21 bits per heavy atom. The van der Waals surface area contributed by atoms with Gasteiger partial charge in [0, 0.05) is 19.0 Å². The average Bonchev–Trinajstić information content (AvgIpc) is 3.01. The van der Waals surface area contributed by atoms with Crippen LogP contribution < -0.4 is 11.1 Å². The van der Waals surface area contributed by atoms with Crippen LogP contribution in [0.4, 0.5) is 5.69 Å². The van der Waals surface area contributed by atoms with Gasteiger partial charge in [-0.05, 0) is 36.2 Å². The predicted molar refractivity (Wildman–Crippen MR) is 93.1 cm³/mol. The van der Waals surface area contributed by atoms with Crippen molar-refractivity contribution < 1.29 is 9.53 Å². The van der Waals surface area contributed by atoms with Gasteiger partial charge in [0.1, 0.15) is 11.3 Å².